The predicted molar refractivity (Wildman–Crippen MR) is 307 cm³/mol. The minimum Gasteiger partial charge on any atom is -0.496 e. The largest absolute Gasteiger partial charge is 0.496 e. The summed E-state index contributed by atoms with van der Waals surface area (Å²) in [7, 11) is 1.70. The van der Waals surface area contributed by atoms with E-state index in [2.05, 4.69) is 202 Å². The Bertz CT molecular complexity index is 2590. The Kier molecular flexibility index (Phi) is 29.8. The minimum atomic E-state index is 0.315. The highest BCUT2D eigenvalue weighted by atomic mass is 16.5. The lowest BCUT2D eigenvalue weighted by molar-refractivity contribution is 0.407. The summed E-state index contributed by atoms with van der Waals surface area (Å²) in [5.74, 6) is 42.2. The standard InChI is InChI=1S/C33H40N2.C28H30O.C5H14N2/c1-25(2)10-12-29-20-30(13-11-26(3)4)22-31(21-29)15-14-28-16-17-33(27(5)6)32(23-28)24-35-19-9-7-8-18-34;1-20(2)8-10-24-16-25(11-9-21(3)4)18-26(17-24)13-12-23-14-15-27(22(5)6)28(19-23)29-7;6-4-2-1-3-5-7/h16-17,20-27H,7-9,18-19,34H2,1-6H3;14-22H,1-7H3;1-7H2. The van der Waals surface area contributed by atoms with Gasteiger partial charge in [-0.25, -0.2) is 0 Å². The molecular weight excluding hydrogens is 865 g/mol. The van der Waals surface area contributed by atoms with Gasteiger partial charge in [-0.15, -0.1) is 0 Å². The molecule has 0 heterocycles. The van der Waals surface area contributed by atoms with E-state index in [4.69, 9.17) is 21.9 Å². The molecule has 374 valence electrons. The summed E-state index contributed by atoms with van der Waals surface area (Å²) >= 11 is 0. The molecular formula is C66H84N4O. The number of unbranched alkanes of at least 4 members (excludes halogenated alkanes) is 4. The summed E-state index contributed by atoms with van der Waals surface area (Å²) in [6, 6.07) is 24.8. The molecule has 0 bridgehead atoms. The van der Waals surface area contributed by atoms with Crippen molar-refractivity contribution in [3.63, 3.8) is 0 Å². The van der Waals surface area contributed by atoms with Crippen LogP contribution in [0.2, 0.25) is 0 Å². The van der Waals surface area contributed by atoms with E-state index in [1.807, 2.05) is 36.5 Å². The van der Waals surface area contributed by atoms with Crippen molar-refractivity contribution >= 4 is 6.21 Å². The van der Waals surface area contributed by atoms with Gasteiger partial charge in [0.2, 0.25) is 0 Å². The van der Waals surface area contributed by atoms with E-state index in [0.717, 1.165) is 114 Å². The maximum atomic E-state index is 5.58. The molecule has 0 fully saturated rings. The fourth-order valence-electron chi connectivity index (χ4n) is 6.60. The lowest BCUT2D eigenvalue weighted by Gasteiger charge is -2.11. The van der Waals surface area contributed by atoms with Crippen LogP contribution in [0.25, 0.3) is 0 Å². The number of nitrogens with zero attached hydrogens (tertiary/aromatic N) is 1. The molecule has 0 aliphatic heterocycles. The van der Waals surface area contributed by atoms with Gasteiger partial charge in [0.05, 0.1) is 7.11 Å². The number of rotatable bonds is 13. The van der Waals surface area contributed by atoms with E-state index in [-0.39, 0.29) is 0 Å². The topological polar surface area (TPSA) is 99.6 Å². The highest BCUT2D eigenvalue weighted by Gasteiger charge is 2.08. The van der Waals surface area contributed by atoms with Crippen LogP contribution < -0.4 is 21.9 Å². The van der Waals surface area contributed by atoms with Crippen molar-refractivity contribution in [2.75, 3.05) is 33.3 Å². The van der Waals surface area contributed by atoms with Crippen LogP contribution in [0.4, 0.5) is 0 Å². The van der Waals surface area contributed by atoms with Crippen LogP contribution in [0.5, 0.6) is 5.75 Å². The Hall–Kier alpha value is -6.41. The molecule has 4 rings (SSSR count). The summed E-state index contributed by atoms with van der Waals surface area (Å²) < 4.78 is 5.54. The van der Waals surface area contributed by atoms with Crippen LogP contribution >= 0.6 is 0 Å². The first-order valence-electron chi connectivity index (χ1n) is 25.8. The van der Waals surface area contributed by atoms with Gasteiger partial charge in [0.15, 0.2) is 0 Å². The van der Waals surface area contributed by atoms with Crippen LogP contribution in [0.1, 0.15) is 195 Å². The number of hydrogen-bond donors (Lipinski definition) is 3. The second kappa shape index (κ2) is 34.8. The van der Waals surface area contributed by atoms with Crippen molar-refractivity contribution in [1.82, 2.24) is 0 Å². The second-order valence-corrected chi connectivity index (χ2v) is 19.4. The molecule has 0 saturated carbocycles. The molecule has 0 aliphatic rings. The van der Waals surface area contributed by atoms with E-state index in [0.29, 0.717) is 35.5 Å². The molecule has 0 aliphatic carbocycles. The molecule has 0 spiro atoms. The van der Waals surface area contributed by atoms with Crippen molar-refractivity contribution < 1.29 is 4.74 Å². The first-order chi connectivity index (χ1) is 34.0. The maximum absolute atomic E-state index is 5.58. The van der Waals surface area contributed by atoms with Gasteiger partial charge in [-0.2, -0.15) is 0 Å². The molecule has 0 unspecified atom stereocenters. The lowest BCUT2D eigenvalue weighted by atomic mass is 9.95. The third kappa shape index (κ3) is 26.4. The Morgan fingerprint density at radius 1 is 0.408 bits per heavy atom. The van der Waals surface area contributed by atoms with Gasteiger partial charge in [-0.1, -0.05) is 179 Å². The SMILES string of the molecule is CC(C)C#Cc1cc(C#Cc2ccc(C(C)C)c(C=NCCCCCN)c2)cc(C#CC(C)C)c1.COc1cc(C#Cc2cc(C#CC(C)C)cc(C#CC(C)C)c2)ccc1C(C)C.NCCCCCN. The lowest BCUT2D eigenvalue weighted by Crippen LogP contribution is -2.02. The molecule has 0 atom stereocenters. The molecule has 71 heavy (non-hydrogen) atoms. The highest BCUT2D eigenvalue weighted by molar-refractivity contribution is 5.83. The quantitative estimate of drug-likeness (QED) is 0.0706. The van der Waals surface area contributed by atoms with Gasteiger partial charge in [0.1, 0.15) is 5.75 Å². The number of aliphatic imine (C=N–C) groups is 1. The van der Waals surface area contributed by atoms with Crippen LogP contribution in [0.15, 0.2) is 77.8 Å². The summed E-state index contributed by atoms with van der Waals surface area (Å²) in [4.78, 5) is 4.66. The summed E-state index contributed by atoms with van der Waals surface area (Å²) in [5.41, 5.74) is 27.2. The third-order valence-corrected chi connectivity index (χ3v) is 10.3. The van der Waals surface area contributed by atoms with E-state index in [1.165, 1.54) is 17.5 Å². The number of hydrogen-bond acceptors (Lipinski definition) is 5. The van der Waals surface area contributed by atoms with Crippen molar-refractivity contribution in [3.05, 3.63) is 134 Å². The Morgan fingerprint density at radius 3 is 1.10 bits per heavy atom. The first kappa shape index (κ1) is 60.7. The van der Waals surface area contributed by atoms with Crippen molar-refractivity contribution in [2.45, 2.75) is 133 Å². The van der Waals surface area contributed by atoms with Crippen LogP contribution in [0, 0.1) is 94.7 Å². The molecule has 0 radical (unpaired) electrons. The average Bonchev–Trinajstić information content (AvgIpc) is 3.34. The normalized spacial score (nSPS) is 10.3. The molecule has 0 aromatic heterocycles. The van der Waals surface area contributed by atoms with Gasteiger partial charge in [0, 0.05) is 80.9 Å². The zero-order valence-electron chi connectivity index (χ0n) is 45.6. The zero-order valence-corrected chi connectivity index (χ0v) is 45.6. The third-order valence-electron chi connectivity index (χ3n) is 10.3. The smallest absolute Gasteiger partial charge is 0.123 e. The van der Waals surface area contributed by atoms with E-state index in [1.54, 1.807) is 7.11 Å². The zero-order chi connectivity index (χ0) is 52.6. The number of benzene rings is 4. The molecule has 0 saturated heterocycles. The Morgan fingerprint density at radius 2 is 0.746 bits per heavy atom. The predicted octanol–water partition coefficient (Wildman–Crippen LogP) is 13.1. The van der Waals surface area contributed by atoms with Crippen molar-refractivity contribution in [3.8, 4) is 76.8 Å². The van der Waals surface area contributed by atoms with E-state index in [9.17, 15) is 0 Å². The monoisotopic (exact) mass is 949 g/mol. The van der Waals surface area contributed by atoms with Crippen molar-refractivity contribution in [2.24, 2.45) is 45.9 Å². The minimum absolute atomic E-state index is 0.315. The Labute approximate surface area is 432 Å². The van der Waals surface area contributed by atoms with Crippen LogP contribution in [-0.4, -0.2) is 39.5 Å². The highest BCUT2D eigenvalue weighted by Crippen LogP contribution is 2.27. The first-order valence-corrected chi connectivity index (χ1v) is 25.8. The van der Waals surface area contributed by atoms with Crippen LogP contribution in [0.3, 0.4) is 0 Å². The van der Waals surface area contributed by atoms with Crippen LogP contribution in [-0.2, 0) is 0 Å². The molecule has 5 nitrogen and oxygen atoms in total. The maximum Gasteiger partial charge on any atom is 0.123 e. The summed E-state index contributed by atoms with van der Waals surface area (Å²) in [5, 5.41) is 0. The van der Waals surface area contributed by atoms with Gasteiger partial charge in [-0.3, -0.25) is 4.99 Å². The second-order valence-electron chi connectivity index (χ2n) is 19.4. The fraction of sp³-hybridized carbons (Fsp3) is 0.439. The number of methoxy groups -OCH3 is 1. The van der Waals surface area contributed by atoms with Gasteiger partial charge >= 0.3 is 0 Å². The molecule has 6 N–H and O–H groups in total. The van der Waals surface area contributed by atoms with Gasteiger partial charge in [0.25, 0.3) is 0 Å². The summed E-state index contributed by atoms with van der Waals surface area (Å²) in [6.07, 6.45) is 8.70. The summed E-state index contributed by atoms with van der Waals surface area (Å²) in [6.45, 7) is 28.7. The number of ether oxygens (including phenoxy) is 1. The molecule has 4 aromatic carbocycles. The van der Waals surface area contributed by atoms with Gasteiger partial charge < -0.3 is 21.9 Å². The fourth-order valence-corrected chi connectivity index (χ4v) is 6.60. The Balaban J connectivity index is 0.000000434. The average molecular weight is 949 g/mol. The van der Waals surface area contributed by atoms with Gasteiger partial charge in [-0.05, 0) is 135 Å². The molecule has 0 amide bonds. The number of nitrogens with two attached hydrogens (primary N) is 3. The van der Waals surface area contributed by atoms with E-state index >= 15 is 0 Å². The molecule has 4 aromatic rings. The van der Waals surface area contributed by atoms with Crippen molar-refractivity contribution in [1.29, 1.82) is 0 Å². The van der Waals surface area contributed by atoms with E-state index < -0.39 is 0 Å². The molecule has 5 heteroatoms.